The summed E-state index contributed by atoms with van der Waals surface area (Å²) in [5.74, 6) is -1.36. The maximum absolute atomic E-state index is 13.1. The minimum Gasteiger partial charge on any atom is -0.497 e. The molecule has 0 amide bonds. The van der Waals surface area contributed by atoms with Crippen molar-refractivity contribution in [1.82, 2.24) is 0 Å². The number of rotatable bonds is 2. The Balaban J connectivity index is 3.38. The third-order valence-electron chi connectivity index (χ3n) is 1.88. The molecule has 0 fully saturated rings. The van der Waals surface area contributed by atoms with Gasteiger partial charge in [-0.2, -0.15) is 13.2 Å². The molecule has 0 aliphatic rings. The zero-order valence-electron chi connectivity index (χ0n) is 7.86. The van der Waals surface area contributed by atoms with Crippen LogP contribution in [-0.2, 0) is 12.7 Å². The second-order valence-electron chi connectivity index (χ2n) is 2.85. The molecule has 0 spiro atoms. The zero-order valence-corrected chi connectivity index (χ0v) is 7.86. The Labute approximate surface area is 83.6 Å². The van der Waals surface area contributed by atoms with Crippen LogP contribution in [0.15, 0.2) is 12.1 Å². The minimum absolute atomic E-state index is 0.0148. The Morgan fingerprint density at radius 2 is 1.93 bits per heavy atom. The van der Waals surface area contributed by atoms with Crippen LogP contribution in [0.4, 0.5) is 17.6 Å². The molecule has 2 nitrogen and oxygen atoms in total. The van der Waals surface area contributed by atoms with Crippen LogP contribution in [0.1, 0.15) is 11.1 Å². The summed E-state index contributed by atoms with van der Waals surface area (Å²) in [5.41, 5.74) is 3.47. The third kappa shape index (κ3) is 2.38. The van der Waals surface area contributed by atoms with E-state index in [1.54, 1.807) is 0 Å². The van der Waals surface area contributed by atoms with Crippen LogP contribution < -0.4 is 10.5 Å². The number of benzene rings is 1. The fraction of sp³-hybridized carbons (Fsp3) is 0.333. The second-order valence-corrected chi connectivity index (χ2v) is 2.85. The van der Waals surface area contributed by atoms with Gasteiger partial charge < -0.3 is 10.5 Å². The fourth-order valence-corrected chi connectivity index (χ4v) is 1.23. The van der Waals surface area contributed by atoms with Crippen molar-refractivity contribution in [3.05, 3.63) is 29.1 Å². The van der Waals surface area contributed by atoms with Crippen molar-refractivity contribution in [2.45, 2.75) is 12.7 Å². The van der Waals surface area contributed by atoms with Gasteiger partial charge in [-0.15, -0.1) is 0 Å². The molecular weight excluding hydrogens is 214 g/mol. The molecule has 0 unspecified atom stereocenters. The summed E-state index contributed by atoms with van der Waals surface area (Å²) in [6, 6.07) is 1.76. The molecule has 0 atom stereocenters. The molecule has 0 saturated heterocycles. The van der Waals surface area contributed by atoms with E-state index in [9.17, 15) is 17.6 Å². The van der Waals surface area contributed by atoms with Gasteiger partial charge in [0.2, 0.25) is 0 Å². The predicted octanol–water partition coefficient (Wildman–Crippen LogP) is 2.31. The molecule has 0 aliphatic carbocycles. The molecule has 0 aliphatic heterocycles. The number of hydrogen-bond donors (Lipinski definition) is 1. The third-order valence-corrected chi connectivity index (χ3v) is 1.88. The van der Waals surface area contributed by atoms with E-state index in [1.165, 1.54) is 7.11 Å². The van der Waals surface area contributed by atoms with E-state index in [4.69, 9.17) is 5.73 Å². The van der Waals surface area contributed by atoms with Gasteiger partial charge in [-0.05, 0) is 11.6 Å². The smallest absolute Gasteiger partial charge is 0.419 e. The molecule has 0 aromatic heterocycles. The van der Waals surface area contributed by atoms with Gasteiger partial charge in [0.1, 0.15) is 11.6 Å². The first-order valence-electron chi connectivity index (χ1n) is 4.03. The van der Waals surface area contributed by atoms with Crippen LogP contribution in [0.5, 0.6) is 5.75 Å². The van der Waals surface area contributed by atoms with Crippen molar-refractivity contribution in [1.29, 1.82) is 0 Å². The standard InChI is InChI=1S/C9H9F4NO/c1-15-6-2-5(4-14)8(7(10)3-6)9(11,12)13/h2-3H,4,14H2,1H3. The van der Waals surface area contributed by atoms with E-state index >= 15 is 0 Å². The van der Waals surface area contributed by atoms with Gasteiger partial charge in [0, 0.05) is 12.6 Å². The van der Waals surface area contributed by atoms with E-state index in [-0.39, 0.29) is 11.3 Å². The van der Waals surface area contributed by atoms with Crippen LogP contribution in [0.3, 0.4) is 0 Å². The number of halogens is 4. The monoisotopic (exact) mass is 223 g/mol. The lowest BCUT2D eigenvalue weighted by atomic mass is 10.1. The molecule has 15 heavy (non-hydrogen) atoms. The van der Waals surface area contributed by atoms with E-state index in [2.05, 4.69) is 4.74 Å². The lowest BCUT2D eigenvalue weighted by Crippen LogP contribution is -2.14. The summed E-state index contributed by atoms with van der Waals surface area (Å²) in [6.45, 7) is -0.400. The topological polar surface area (TPSA) is 35.2 Å². The second kappa shape index (κ2) is 4.06. The van der Waals surface area contributed by atoms with Gasteiger partial charge in [-0.1, -0.05) is 0 Å². The van der Waals surface area contributed by atoms with Crippen LogP contribution in [-0.4, -0.2) is 7.11 Å². The largest absolute Gasteiger partial charge is 0.497 e. The molecule has 0 heterocycles. The van der Waals surface area contributed by atoms with E-state index in [0.29, 0.717) is 6.07 Å². The number of nitrogens with two attached hydrogens (primary N) is 1. The normalized spacial score (nSPS) is 11.6. The summed E-state index contributed by atoms with van der Waals surface area (Å²) in [7, 11) is 1.24. The van der Waals surface area contributed by atoms with Crippen LogP contribution in [0, 0.1) is 5.82 Å². The van der Waals surface area contributed by atoms with Gasteiger partial charge in [0.25, 0.3) is 0 Å². The fourth-order valence-electron chi connectivity index (χ4n) is 1.23. The Morgan fingerprint density at radius 3 is 2.33 bits per heavy atom. The van der Waals surface area contributed by atoms with E-state index in [1.807, 2.05) is 0 Å². The SMILES string of the molecule is COc1cc(F)c(C(F)(F)F)c(CN)c1. The van der Waals surface area contributed by atoms with Crippen molar-refractivity contribution >= 4 is 0 Å². The number of methoxy groups -OCH3 is 1. The highest BCUT2D eigenvalue weighted by molar-refractivity contribution is 5.38. The molecule has 1 aromatic carbocycles. The van der Waals surface area contributed by atoms with Crippen molar-refractivity contribution in [3.63, 3.8) is 0 Å². The first-order chi connectivity index (χ1) is 6.90. The lowest BCUT2D eigenvalue weighted by molar-refractivity contribution is -0.140. The molecule has 2 N–H and O–H groups in total. The van der Waals surface area contributed by atoms with Crippen LogP contribution in [0.25, 0.3) is 0 Å². The van der Waals surface area contributed by atoms with Crippen molar-refractivity contribution in [2.75, 3.05) is 7.11 Å². The summed E-state index contributed by atoms with van der Waals surface area (Å²) < 4.78 is 55.0. The van der Waals surface area contributed by atoms with Gasteiger partial charge in [0.15, 0.2) is 0 Å². The maximum atomic E-state index is 13.1. The summed E-state index contributed by atoms with van der Waals surface area (Å²) in [6.07, 6.45) is -4.74. The molecule has 1 aromatic rings. The van der Waals surface area contributed by atoms with Gasteiger partial charge in [-0.25, -0.2) is 4.39 Å². The van der Waals surface area contributed by atoms with E-state index in [0.717, 1.165) is 6.07 Å². The summed E-state index contributed by atoms with van der Waals surface area (Å²) in [5, 5.41) is 0. The number of ether oxygens (including phenoxy) is 1. The maximum Gasteiger partial charge on any atom is 0.419 e. The predicted molar refractivity (Wildman–Crippen MR) is 45.8 cm³/mol. The molecule has 1 rings (SSSR count). The quantitative estimate of drug-likeness (QED) is 0.781. The average molecular weight is 223 g/mol. The minimum atomic E-state index is -4.74. The van der Waals surface area contributed by atoms with Gasteiger partial charge in [0.05, 0.1) is 12.7 Å². The summed E-state index contributed by atoms with van der Waals surface area (Å²) in [4.78, 5) is 0. The first kappa shape index (κ1) is 11.8. The van der Waals surface area contributed by atoms with Crippen LogP contribution in [0.2, 0.25) is 0 Å². The Kier molecular flexibility index (Phi) is 3.18. The Hall–Kier alpha value is -1.30. The molecule has 6 heteroatoms. The molecular formula is C9H9F4NO. The molecule has 0 saturated carbocycles. The Morgan fingerprint density at radius 1 is 1.33 bits per heavy atom. The van der Waals surface area contributed by atoms with Crippen LogP contribution >= 0.6 is 0 Å². The van der Waals surface area contributed by atoms with Crippen molar-refractivity contribution in [3.8, 4) is 5.75 Å². The molecule has 84 valence electrons. The van der Waals surface area contributed by atoms with Gasteiger partial charge in [-0.3, -0.25) is 0 Å². The first-order valence-corrected chi connectivity index (χ1v) is 4.03. The molecule has 0 radical (unpaired) electrons. The highest BCUT2D eigenvalue weighted by Crippen LogP contribution is 2.35. The zero-order chi connectivity index (χ0) is 11.6. The summed E-state index contributed by atoms with van der Waals surface area (Å²) >= 11 is 0. The van der Waals surface area contributed by atoms with Gasteiger partial charge >= 0.3 is 6.18 Å². The van der Waals surface area contributed by atoms with E-state index < -0.39 is 24.1 Å². The highest BCUT2D eigenvalue weighted by Gasteiger charge is 2.36. The highest BCUT2D eigenvalue weighted by atomic mass is 19.4. The Bertz CT molecular complexity index is 362. The number of hydrogen-bond acceptors (Lipinski definition) is 2. The van der Waals surface area contributed by atoms with Crippen molar-refractivity contribution in [2.24, 2.45) is 5.73 Å². The average Bonchev–Trinajstić information content (AvgIpc) is 2.14. The van der Waals surface area contributed by atoms with Crippen molar-refractivity contribution < 1.29 is 22.3 Å². The lowest BCUT2D eigenvalue weighted by Gasteiger charge is -2.13. The molecule has 0 bridgehead atoms. The number of alkyl halides is 3.